The zero-order valence-corrected chi connectivity index (χ0v) is 17.4. The van der Waals surface area contributed by atoms with Crippen molar-refractivity contribution in [2.45, 2.75) is 38.8 Å². The molecule has 0 radical (unpaired) electrons. The van der Waals surface area contributed by atoms with E-state index in [-0.39, 0.29) is 18.9 Å². The van der Waals surface area contributed by atoms with Gasteiger partial charge in [-0.05, 0) is 44.0 Å². The first-order chi connectivity index (χ1) is 14.5. The number of pyridine rings is 1. The Balaban J connectivity index is 1.25. The van der Waals surface area contributed by atoms with Gasteiger partial charge in [0.2, 0.25) is 5.91 Å². The molecule has 1 saturated carbocycles. The Morgan fingerprint density at radius 1 is 1.17 bits per heavy atom. The number of aromatic nitrogens is 2. The largest absolute Gasteiger partial charge is 0.456 e. The Morgan fingerprint density at radius 3 is 2.67 bits per heavy atom. The summed E-state index contributed by atoms with van der Waals surface area (Å²) >= 11 is 1.37. The van der Waals surface area contributed by atoms with Gasteiger partial charge in [-0.25, -0.2) is 14.8 Å². The van der Waals surface area contributed by atoms with Crippen LogP contribution in [-0.2, 0) is 22.6 Å². The lowest BCUT2D eigenvalue weighted by molar-refractivity contribution is -0.115. The average Bonchev–Trinajstić information content (AvgIpc) is 3.45. The van der Waals surface area contributed by atoms with Gasteiger partial charge in [0.05, 0.1) is 17.7 Å². The van der Waals surface area contributed by atoms with Crippen molar-refractivity contribution in [3.05, 3.63) is 69.8 Å². The number of rotatable bonds is 8. The predicted octanol–water partition coefficient (Wildman–Crippen LogP) is 3.96. The molecular formula is C22H22N4O3S. The van der Waals surface area contributed by atoms with Gasteiger partial charge in [0, 0.05) is 23.3 Å². The number of carbonyl (C=O) groups excluding carboxylic acids is 2. The number of thiazole rings is 1. The van der Waals surface area contributed by atoms with E-state index in [1.54, 1.807) is 17.5 Å². The summed E-state index contributed by atoms with van der Waals surface area (Å²) in [5, 5.41) is 8.58. The number of hydrogen-bond acceptors (Lipinski definition) is 7. The van der Waals surface area contributed by atoms with E-state index in [0.717, 1.165) is 29.9 Å². The SMILES string of the molecule is Cc1ccc(NC(=O)Cc2nc(COC(=O)c3ccc(NC4CC4)nc3)cs2)cc1. The van der Waals surface area contributed by atoms with Crippen LogP contribution in [-0.4, -0.2) is 27.9 Å². The molecule has 0 aliphatic heterocycles. The number of aryl methyl sites for hydroxylation is 1. The second kappa shape index (κ2) is 9.04. The number of ether oxygens (including phenoxy) is 1. The lowest BCUT2D eigenvalue weighted by atomic mass is 10.2. The van der Waals surface area contributed by atoms with Crippen LogP contribution in [0, 0.1) is 6.92 Å². The van der Waals surface area contributed by atoms with E-state index < -0.39 is 5.97 Å². The van der Waals surface area contributed by atoms with Crippen molar-refractivity contribution < 1.29 is 14.3 Å². The third kappa shape index (κ3) is 5.64. The molecular weight excluding hydrogens is 400 g/mol. The van der Waals surface area contributed by atoms with Gasteiger partial charge in [-0.1, -0.05) is 17.7 Å². The maximum Gasteiger partial charge on any atom is 0.340 e. The lowest BCUT2D eigenvalue weighted by Crippen LogP contribution is -2.14. The number of amides is 1. The number of esters is 1. The van der Waals surface area contributed by atoms with Crippen molar-refractivity contribution in [3.8, 4) is 0 Å². The van der Waals surface area contributed by atoms with Crippen LogP contribution in [0.4, 0.5) is 11.5 Å². The van der Waals surface area contributed by atoms with Crippen molar-refractivity contribution in [2.75, 3.05) is 10.6 Å². The van der Waals surface area contributed by atoms with Gasteiger partial charge in [0.15, 0.2) is 0 Å². The summed E-state index contributed by atoms with van der Waals surface area (Å²) in [5.41, 5.74) is 2.90. The lowest BCUT2D eigenvalue weighted by Gasteiger charge is -2.05. The zero-order valence-electron chi connectivity index (χ0n) is 16.6. The minimum absolute atomic E-state index is 0.0526. The second-order valence-corrected chi connectivity index (χ2v) is 8.19. The molecule has 1 aliphatic rings. The van der Waals surface area contributed by atoms with Gasteiger partial charge in [0.25, 0.3) is 0 Å². The predicted molar refractivity (Wildman–Crippen MR) is 116 cm³/mol. The molecule has 0 saturated heterocycles. The first-order valence-electron chi connectivity index (χ1n) is 9.75. The maximum atomic E-state index is 12.2. The molecule has 1 amide bonds. The molecule has 2 aromatic heterocycles. The first-order valence-corrected chi connectivity index (χ1v) is 10.6. The average molecular weight is 423 g/mol. The molecule has 3 aromatic rings. The highest BCUT2D eigenvalue weighted by Gasteiger charge is 2.21. The van der Waals surface area contributed by atoms with Crippen molar-refractivity contribution in [3.63, 3.8) is 0 Å². The Kier molecular flexibility index (Phi) is 6.04. The van der Waals surface area contributed by atoms with E-state index in [0.29, 0.717) is 22.3 Å². The fraction of sp³-hybridized carbons (Fsp3) is 0.273. The molecule has 7 nitrogen and oxygen atoms in total. The van der Waals surface area contributed by atoms with Gasteiger partial charge in [-0.3, -0.25) is 4.79 Å². The fourth-order valence-electron chi connectivity index (χ4n) is 2.74. The molecule has 1 aromatic carbocycles. The van der Waals surface area contributed by atoms with E-state index in [4.69, 9.17) is 4.74 Å². The molecule has 30 heavy (non-hydrogen) atoms. The van der Waals surface area contributed by atoms with E-state index in [2.05, 4.69) is 20.6 Å². The molecule has 8 heteroatoms. The van der Waals surface area contributed by atoms with Crippen LogP contribution in [0.1, 0.15) is 39.5 Å². The molecule has 2 heterocycles. The monoisotopic (exact) mass is 422 g/mol. The number of nitrogens with zero attached hydrogens (tertiary/aromatic N) is 2. The minimum atomic E-state index is -0.452. The van der Waals surface area contributed by atoms with Crippen LogP contribution >= 0.6 is 11.3 Å². The topological polar surface area (TPSA) is 93.2 Å². The van der Waals surface area contributed by atoms with E-state index in [1.165, 1.54) is 17.5 Å². The van der Waals surface area contributed by atoms with Gasteiger partial charge in [-0.2, -0.15) is 0 Å². The summed E-state index contributed by atoms with van der Waals surface area (Å²) in [5.74, 6) is 0.178. The molecule has 2 N–H and O–H groups in total. The van der Waals surface area contributed by atoms with Crippen molar-refractivity contribution in [1.82, 2.24) is 9.97 Å². The number of nitrogens with one attached hydrogen (secondary N) is 2. The Labute approximate surface area is 178 Å². The number of carbonyl (C=O) groups is 2. The number of hydrogen-bond donors (Lipinski definition) is 2. The summed E-state index contributed by atoms with van der Waals surface area (Å²) < 4.78 is 5.32. The van der Waals surface area contributed by atoms with Gasteiger partial charge < -0.3 is 15.4 Å². The second-order valence-electron chi connectivity index (χ2n) is 7.25. The van der Waals surface area contributed by atoms with E-state index in [1.807, 2.05) is 31.2 Å². The molecule has 0 bridgehead atoms. The third-order valence-corrected chi connectivity index (χ3v) is 5.42. The fourth-order valence-corrected chi connectivity index (χ4v) is 3.51. The highest BCUT2D eigenvalue weighted by atomic mass is 32.1. The van der Waals surface area contributed by atoms with Gasteiger partial charge >= 0.3 is 5.97 Å². The van der Waals surface area contributed by atoms with Crippen molar-refractivity contribution in [2.24, 2.45) is 0 Å². The Hall–Kier alpha value is -3.26. The third-order valence-electron chi connectivity index (χ3n) is 4.53. The molecule has 1 aliphatic carbocycles. The number of anilines is 2. The summed E-state index contributed by atoms with van der Waals surface area (Å²) in [6, 6.07) is 11.6. The van der Waals surface area contributed by atoms with Crippen LogP contribution in [0.15, 0.2) is 48.0 Å². The van der Waals surface area contributed by atoms with Crippen LogP contribution in [0.3, 0.4) is 0 Å². The minimum Gasteiger partial charge on any atom is -0.456 e. The van der Waals surface area contributed by atoms with E-state index in [9.17, 15) is 9.59 Å². The molecule has 154 valence electrons. The highest BCUT2D eigenvalue weighted by molar-refractivity contribution is 7.09. The first kappa shape index (κ1) is 20.0. The van der Waals surface area contributed by atoms with E-state index >= 15 is 0 Å². The van der Waals surface area contributed by atoms with Crippen LogP contribution in [0.25, 0.3) is 0 Å². The number of benzene rings is 1. The summed E-state index contributed by atoms with van der Waals surface area (Å²) in [7, 11) is 0. The smallest absolute Gasteiger partial charge is 0.340 e. The van der Waals surface area contributed by atoms with Crippen LogP contribution in [0.5, 0.6) is 0 Å². The van der Waals surface area contributed by atoms with Crippen LogP contribution in [0.2, 0.25) is 0 Å². The van der Waals surface area contributed by atoms with Crippen molar-refractivity contribution >= 4 is 34.7 Å². The molecule has 0 spiro atoms. The molecule has 1 fully saturated rings. The molecule has 4 rings (SSSR count). The molecule has 0 unspecified atom stereocenters. The van der Waals surface area contributed by atoms with Gasteiger partial charge in [0.1, 0.15) is 17.4 Å². The van der Waals surface area contributed by atoms with Gasteiger partial charge in [-0.15, -0.1) is 11.3 Å². The quantitative estimate of drug-likeness (QED) is 0.534. The van der Waals surface area contributed by atoms with Crippen LogP contribution < -0.4 is 10.6 Å². The normalized spacial score (nSPS) is 13.0. The summed E-state index contributed by atoms with van der Waals surface area (Å²) in [6.45, 7) is 2.05. The highest BCUT2D eigenvalue weighted by Crippen LogP contribution is 2.23. The Morgan fingerprint density at radius 2 is 1.97 bits per heavy atom. The summed E-state index contributed by atoms with van der Waals surface area (Å²) in [6.07, 6.45) is 4.00. The Bertz CT molecular complexity index is 1030. The van der Waals surface area contributed by atoms with Crippen molar-refractivity contribution in [1.29, 1.82) is 0 Å². The maximum absolute atomic E-state index is 12.2. The zero-order chi connectivity index (χ0) is 20.9. The summed E-state index contributed by atoms with van der Waals surface area (Å²) in [4.78, 5) is 33.0. The molecule has 0 atom stereocenters. The standard InChI is InChI=1S/C22H22N4O3S/c1-14-2-5-17(6-3-14)25-20(27)10-21-26-18(13-30-21)12-29-22(28)15-4-9-19(23-11-15)24-16-7-8-16/h2-6,9,11,13,16H,7-8,10,12H2,1H3,(H,23,24)(H,25,27).